The number of rotatable bonds is 5. The fraction of sp³-hybridized carbons (Fsp3) is 0. The number of fused-ring (bicyclic) bond motifs is 8. The van der Waals surface area contributed by atoms with Gasteiger partial charge in [-0.3, -0.25) is 0 Å². The molecule has 0 N–H and O–H groups in total. The fourth-order valence-electron chi connectivity index (χ4n) is 11.9. The highest BCUT2D eigenvalue weighted by Crippen LogP contribution is 2.61. The Morgan fingerprint density at radius 3 is 0.824 bits per heavy atom. The molecule has 0 atom stereocenters. The molecule has 0 unspecified atom stereocenters. The zero-order valence-corrected chi connectivity index (χ0v) is 36.1. The van der Waals surface area contributed by atoms with E-state index in [1.54, 1.807) is 0 Å². The summed E-state index contributed by atoms with van der Waals surface area (Å²) in [5.41, 5.74) is 17.0. The fourth-order valence-corrected chi connectivity index (χ4v) is 11.9. The topological polar surface area (TPSA) is 0 Å². The van der Waals surface area contributed by atoms with Gasteiger partial charge in [0, 0.05) is 12.1 Å². The van der Waals surface area contributed by atoms with Gasteiger partial charge in [-0.15, -0.1) is 0 Å². The van der Waals surface area contributed by atoms with Gasteiger partial charge in [-0.25, -0.2) is 17.6 Å². The molecule has 14 rings (SSSR count). The van der Waals surface area contributed by atoms with Crippen LogP contribution >= 0.6 is 0 Å². The van der Waals surface area contributed by atoms with E-state index < -0.39 is 23.3 Å². The Balaban J connectivity index is 1.07. The Kier molecular flexibility index (Phi) is 8.21. The Bertz CT molecular complexity index is 3860. The zero-order valence-electron chi connectivity index (χ0n) is 36.1. The molecule has 0 nitrogen and oxygen atoms in total. The van der Waals surface area contributed by atoms with Gasteiger partial charge in [-0.05, 0) is 167 Å². The van der Waals surface area contributed by atoms with Gasteiger partial charge >= 0.3 is 0 Å². The molecule has 0 spiro atoms. The minimum absolute atomic E-state index is 0.481. The Labute approximate surface area is 388 Å². The van der Waals surface area contributed by atoms with E-state index in [-0.39, 0.29) is 0 Å². The largest absolute Gasteiger partial charge is 0.207 e. The second-order valence-corrected chi connectivity index (χ2v) is 17.9. The number of hydrogen-bond acceptors (Lipinski definition) is 0. The second-order valence-electron chi connectivity index (χ2n) is 17.9. The molecule has 0 radical (unpaired) electrons. The van der Waals surface area contributed by atoms with Crippen molar-refractivity contribution in [2.75, 3.05) is 0 Å². The summed E-state index contributed by atoms with van der Waals surface area (Å²) < 4.78 is 61.1. The van der Waals surface area contributed by atoms with E-state index >= 15 is 17.6 Å². The molecule has 0 saturated heterocycles. The third-order valence-electron chi connectivity index (χ3n) is 14.3. The maximum atomic E-state index is 15.3. The van der Waals surface area contributed by atoms with E-state index in [9.17, 15) is 0 Å². The van der Waals surface area contributed by atoms with Crippen LogP contribution in [0.2, 0.25) is 0 Å². The maximum Gasteiger partial charge on any atom is 0.126 e. The number of hydrogen-bond donors (Lipinski definition) is 0. The van der Waals surface area contributed by atoms with Crippen molar-refractivity contribution in [3.8, 4) is 100 Å². The van der Waals surface area contributed by atoms with E-state index in [2.05, 4.69) is 109 Å². The molecule has 2 aliphatic carbocycles. The Morgan fingerprint density at radius 1 is 0.191 bits per heavy atom. The van der Waals surface area contributed by atoms with Gasteiger partial charge in [-0.1, -0.05) is 170 Å². The number of halogens is 4. The van der Waals surface area contributed by atoms with E-state index in [1.807, 2.05) is 60.7 Å². The molecule has 0 heterocycles. The lowest BCUT2D eigenvalue weighted by molar-refractivity contribution is 0.583. The summed E-state index contributed by atoms with van der Waals surface area (Å²) in [4.78, 5) is 0. The van der Waals surface area contributed by atoms with Gasteiger partial charge in [0.2, 0.25) is 0 Å². The van der Waals surface area contributed by atoms with Crippen LogP contribution in [0.3, 0.4) is 0 Å². The van der Waals surface area contributed by atoms with Gasteiger partial charge in [0.05, 0.1) is 0 Å². The van der Waals surface area contributed by atoms with Crippen molar-refractivity contribution in [2.45, 2.75) is 0 Å². The Morgan fingerprint density at radius 2 is 0.471 bits per heavy atom. The van der Waals surface area contributed by atoms with Crippen LogP contribution in [-0.2, 0) is 0 Å². The van der Waals surface area contributed by atoms with E-state index in [4.69, 9.17) is 0 Å². The van der Waals surface area contributed by atoms with Crippen molar-refractivity contribution in [1.29, 1.82) is 0 Å². The summed E-state index contributed by atoms with van der Waals surface area (Å²) in [7, 11) is 0. The van der Waals surface area contributed by atoms with Crippen molar-refractivity contribution in [3.05, 3.63) is 230 Å². The number of benzene rings is 12. The van der Waals surface area contributed by atoms with E-state index in [1.165, 1.54) is 24.3 Å². The summed E-state index contributed by atoms with van der Waals surface area (Å²) in [6, 6.07) is 66.4. The highest BCUT2D eigenvalue weighted by atomic mass is 19.1. The van der Waals surface area contributed by atoms with Crippen LogP contribution in [0.1, 0.15) is 0 Å². The molecule has 12 aromatic carbocycles. The summed E-state index contributed by atoms with van der Waals surface area (Å²) in [6.07, 6.45) is 0. The molecule has 0 amide bonds. The van der Waals surface area contributed by atoms with Crippen molar-refractivity contribution in [2.24, 2.45) is 0 Å². The van der Waals surface area contributed by atoms with Crippen LogP contribution in [0.15, 0.2) is 206 Å². The Hall–Kier alpha value is -8.60. The SMILES string of the molecule is Fc1cc(F)cc(-c2c3c(c(-c4ccccc4)c4ccccc24)-c2cccc4c(-c5ccc6c7c(cccc57)-c5c-6c(-c6cc(F)cc(F)c6)c6ccccc6c5-c5ccccc5)ccc-3c24)c1. The first-order valence-electron chi connectivity index (χ1n) is 22.8. The average Bonchev–Trinajstić information content (AvgIpc) is 3.86. The van der Waals surface area contributed by atoms with Crippen LogP contribution in [0.5, 0.6) is 0 Å². The predicted molar refractivity (Wildman–Crippen MR) is 272 cm³/mol. The molecule has 0 aromatic heterocycles. The average molecular weight is 879 g/mol. The van der Waals surface area contributed by atoms with Crippen LogP contribution < -0.4 is 0 Å². The normalized spacial score (nSPS) is 12.1. The molecular formula is C64H34F4. The van der Waals surface area contributed by atoms with Crippen LogP contribution in [0.4, 0.5) is 17.6 Å². The van der Waals surface area contributed by atoms with Crippen molar-refractivity contribution in [3.63, 3.8) is 0 Å². The maximum absolute atomic E-state index is 15.3. The van der Waals surface area contributed by atoms with Crippen LogP contribution in [0, 0.1) is 23.3 Å². The van der Waals surface area contributed by atoms with Crippen molar-refractivity contribution < 1.29 is 17.6 Å². The lowest BCUT2D eigenvalue weighted by Gasteiger charge is -2.20. The molecule has 68 heavy (non-hydrogen) atoms. The summed E-state index contributed by atoms with van der Waals surface area (Å²) in [6.45, 7) is 0. The molecule has 0 aliphatic heterocycles. The highest BCUT2D eigenvalue weighted by molar-refractivity contribution is 6.32. The van der Waals surface area contributed by atoms with Gasteiger partial charge < -0.3 is 0 Å². The molecule has 2 aliphatic rings. The third-order valence-corrected chi connectivity index (χ3v) is 14.3. The summed E-state index contributed by atoms with van der Waals surface area (Å²) >= 11 is 0. The van der Waals surface area contributed by atoms with Crippen LogP contribution in [-0.4, -0.2) is 0 Å². The van der Waals surface area contributed by atoms with Gasteiger partial charge in [-0.2, -0.15) is 0 Å². The molecular weight excluding hydrogens is 845 g/mol. The third kappa shape index (κ3) is 5.43. The first-order chi connectivity index (χ1) is 33.4. The van der Waals surface area contributed by atoms with Crippen LogP contribution in [0.25, 0.3) is 143 Å². The first-order valence-corrected chi connectivity index (χ1v) is 22.8. The quantitative estimate of drug-likeness (QED) is 0.151. The molecule has 0 saturated carbocycles. The smallest absolute Gasteiger partial charge is 0.126 e. The van der Waals surface area contributed by atoms with Crippen molar-refractivity contribution >= 4 is 43.1 Å². The van der Waals surface area contributed by atoms with Gasteiger partial charge in [0.1, 0.15) is 23.3 Å². The monoisotopic (exact) mass is 878 g/mol. The molecule has 318 valence electrons. The highest BCUT2D eigenvalue weighted by Gasteiger charge is 2.34. The van der Waals surface area contributed by atoms with Gasteiger partial charge in [0.25, 0.3) is 0 Å². The summed E-state index contributed by atoms with van der Waals surface area (Å²) in [5, 5.41) is 8.08. The lowest BCUT2D eigenvalue weighted by atomic mass is 9.82. The zero-order chi connectivity index (χ0) is 45.4. The minimum Gasteiger partial charge on any atom is -0.207 e. The van der Waals surface area contributed by atoms with E-state index in [0.29, 0.717) is 11.1 Å². The predicted octanol–water partition coefficient (Wildman–Crippen LogP) is 18.5. The molecule has 0 bridgehead atoms. The molecule has 4 heteroatoms. The molecule has 12 aromatic rings. The summed E-state index contributed by atoms with van der Waals surface area (Å²) in [5.74, 6) is -2.52. The second kappa shape index (κ2) is 14.4. The standard InChI is InChI=1S/C64H34F4/c65-39-29-37(30-40(66)33-39)57-49-19-9-7-17-47(49)55(35-13-3-1-4-14-35)61-51-23-11-21-45-43(25-27-53(59(45)51)63(57)61)44-26-28-54-60-46(44)22-12-24-52(60)62-56(36-15-5-2-6-16-36)48-18-8-10-20-50(48)58(64(54)62)38-31-41(67)34-42(68)32-38/h1-34H. The minimum atomic E-state index is -0.630. The molecule has 0 fully saturated rings. The van der Waals surface area contributed by atoms with E-state index in [0.717, 1.165) is 144 Å². The van der Waals surface area contributed by atoms with Crippen molar-refractivity contribution in [1.82, 2.24) is 0 Å². The first kappa shape index (κ1) is 38.6. The van der Waals surface area contributed by atoms with Gasteiger partial charge in [0.15, 0.2) is 0 Å². The lowest BCUT2D eigenvalue weighted by Crippen LogP contribution is -1.94.